The molecule has 13 heteroatoms. The number of rotatable bonds is 15. The summed E-state index contributed by atoms with van der Waals surface area (Å²) >= 11 is 0. The first-order valence-electron chi connectivity index (χ1n) is 13.2. The Bertz CT molecular complexity index is 688. The van der Waals surface area contributed by atoms with Gasteiger partial charge in [0.1, 0.15) is 0 Å². The fraction of sp³-hybridized carbons (Fsp3) is 1.00. The SMILES string of the molecule is CO[Si](CC[Si](C)(O[Si](C)(C)C)O[Si](C)(O[Si](C)(C)O[Si](C)(C)C)C1CC2CCC1C2)(OC)OC. The molecule has 0 saturated heterocycles. The maximum Gasteiger partial charge on any atom is 0.500 e. The van der Waals surface area contributed by atoms with Crippen LogP contribution in [0.5, 0.6) is 0 Å². The molecule has 0 aliphatic heterocycles. The minimum Gasteiger partial charge on any atom is -0.437 e. The molecule has 0 aromatic rings. The first-order chi connectivity index (χ1) is 15.8. The van der Waals surface area contributed by atoms with Crippen LogP contribution in [-0.2, 0) is 29.7 Å². The molecule has 2 aliphatic carbocycles. The lowest BCUT2D eigenvalue weighted by molar-refractivity contribution is 0.124. The fourth-order valence-electron chi connectivity index (χ4n) is 6.44. The Kier molecular flexibility index (Phi) is 10.7. The molecule has 2 saturated carbocycles. The van der Waals surface area contributed by atoms with Gasteiger partial charge in [0.25, 0.3) is 0 Å². The van der Waals surface area contributed by atoms with Crippen LogP contribution in [-0.4, -0.2) is 72.5 Å². The number of hydrogen-bond acceptors (Lipinski definition) is 7. The average molecular weight is 599 g/mol. The average Bonchev–Trinajstić information content (AvgIpc) is 3.29. The van der Waals surface area contributed by atoms with E-state index >= 15 is 0 Å². The van der Waals surface area contributed by atoms with Crippen molar-refractivity contribution >= 4 is 51.1 Å². The van der Waals surface area contributed by atoms with Crippen molar-refractivity contribution in [3.05, 3.63) is 0 Å². The van der Waals surface area contributed by atoms with Gasteiger partial charge >= 0.3 is 34.5 Å². The Hall–Kier alpha value is 1.02. The van der Waals surface area contributed by atoms with Gasteiger partial charge in [-0.05, 0) is 96.2 Å². The van der Waals surface area contributed by atoms with E-state index in [1.807, 2.05) is 0 Å². The molecule has 0 radical (unpaired) electrons. The number of fused-ring (bicyclic) bond motifs is 2. The van der Waals surface area contributed by atoms with E-state index < -0.39 is 51.1 Å². The first-order valence-corrected chi connectivity index (χ1v) is 29.7. The Labute approximate surface area is 222 Å². The molecule has 0 aromatic heterocycles. The second-order valence-corrected chi connectivity index (χ2v) is 36.4. The molecule has 5 unspecified atom stereocenters. The van der Waals surface area contributed by atoms with E-state index in [2.05, 4.69) is 65.5 Å². The molecule has 0 amide bonds. The smallest absolute Gasteiger partial charge is 0.437 e. The Balaban J connectivity index is 2.40. The molecule has 2 fully saturated rings. The third-order valence-electron chi connectivity index (χ3n) is 7.17. The van der Waals surface area contributed by atoms with Crippen LogP contribution < -0.4 is 0 Å². The summed E-state index contributed by atoms with van der Waals surface area (Å²) in [5, 5.41) is 0. The quantitative estimate of drug-likeness (QED) is 0.196. The van der Waals surface area contributed by atoms with E-state index in [0.29, 0.717) is 17.5 Å². The first kappa shape index (κ1) is 32.2. The maximum atomic E-state index is 7.41. The van der Waals surface area contributed by atoms with Gasteiger partial charge in [0.2, 0.25) is 0 Å². The van der Waals surface area contributed by atoms with Gasteiger partial charge < -0.3 is 29.7 Å². The monoisotopic (exact) mass is 598 g/mol. The van der Waals surface area contributed by atoms with Crippen LogP contribution in [0, 0.1) is 11.8 Å². The number of hydrogen-bond donors (Lipinski definition) is 0. The molecule has 7 nitrogen and oxygen atoms in total. The van der Waals surface area contributed by atoms with Crippen molar-refractivity contribution in [2.24, 2.45) is 11.8 Å². The van der Waals surface area contributed by atoms with E-state index in [1.54, 1.807) is 21.3 Å². The zero-order valence-corrected chi connectivity index (χ0v) is 30.8. The van der Waals surface area contributed by atoms with Gasteiger partial charge in [0, 0.05) is 32.9 Å². The summed E-state index contributed by atoms with van der Waals surface area (Å²) in [6, 6.07) is 1.44. The molecule has 208 valence electrons. The van der Waals surface area contributed by atoms with Crippen LogP contribution in [0.15, 0.2) is 0 Å². The molecule has 5 atom stereocenters. The summed E-state index contributed by atoms with van der Waals surface area (Å²) in [6.07, 6.45) is 5.23. The van der Waals surface area contributed by atoms with Gasteiger partial charge in [-0.2, -0.15) is 0 Å². The largest absolute Gasteiger partial charge is 0.500 e. The highest BCUT2D eigenvalue weighted by molar-refractivity contribution is 6.91. The molecule has 2 rings (SSSR count). The van der Waals surface area contributed by atoms with Gasteiger partial charge in [-0.15, -0.1) is 0 Å². The van der Waals surface area contributed by atoms with E-state index in [0.717, 1.165) is 12.0 Å². The van der Waals surface area contributed by atoms with E-state index in [4.69, 9.17) is 29.7 Å². The van der Waals surface area contributed by atoms with Crippen molar-refractivity contribution in [2.75, 3.05) is 21.3 Å². The molecule has 0 heterocycles. The van der Waals surface area contributed by atoms with Crippen LogP contribution >= 0.6 is 0 Å². The molecule has 2 aliphatic rings. The summed E-state index contributed by atoms with van der Waals surface area (Å²) in [4.78, 5) is 0. The molecule has 0 spiro atoms. The Morgan fingerprint density at radius 2 is 1.14 bits per heavy atom. The van der Waals surface area contributed by atoms with Crippen LogP contribution in [0.1, 0.15) is 25.7 Å². The van der Waals surface area contributed by atoms with Gasteiger partial charge in [-0.1, -0.05) is 12.8 Å². The van der Waals surface area contributed by atoms with Crippen LogP contribution in [0.2, 0.25) is 83.1 Å². The predicted molar refractivity (Wildman–Crippen MR) is 157 cm³/mol. The molecule has 0 N–H and O–H groups in total. The van der Waals surface area contributed by atoms with Gasteiger partial charge in [0.15, 0.2) is 16.6 Å². The molecule has 2 bridgehead atoms. The van der Waals surface area contributed by atoms with Gasteiger partial charge in [-0.3, -0.25) is 0 Å². The molecule has 35 heavy (non-hydrogen) atoms. The van der Waals surface area contributed by atoms with Crippen LogP contribution in [0.3, 0.4) is 0 Å². The van der Waals surface area contributed by atoms with Crippen molar-refractivity contribution in [1.29, 1.82) is 0 Å². The summed E-state index contributed by atoms with van der Waals surface area (Å²) in [7, 11) is -9.07. The summed E-state index contributed by atoms with van der Waals surface area (Å²) in [5.41, 5.74) is 0.504. The summed E-state index contributed by atoms with van der Waals surface area (Å²) in [6.45, 7) is 22.5. The maximum absolute atomic E-state index is 7.41. The highest BCUT2D eigenvalue weighted by Gasteiger charge is 2.59. The lowest BCUT2D eigenvalue weighted by Gasteiger charge is -2.48. The minimum absolute atomic E-state index is 0.504. The summed E-state index contributed by atoms with van der Waals surface area (Å²) < 4.78 is 45.5. The third kappa shape index (κ3) is 9.32. The van der Waals surface area contributed by atoms with Crippen molar-refractivity contribution in [1.82, 2.24) is 0 Å². The molecular formula is C22H54O7Si6. The zero-order valence-electron chi connectivity index (χ0n) is 24.8. The zero-order chi connectivity index (χ0) is 26.9. The van der Waals surface area contributed by atoms with Crippen LogP contribution in [0.4, 0.5) is 0 Å². The normalized spacial score (nSPS) is 27.2. The van der Waals surface area contributed by atoms with E-state index in [1.165, 1.54) is 25.7 Å². The topological polar surface area (TPSA) is 64.6 Å². The molecule has 0 aromatic carbocycles. The highest BCUT2D eigenvalue weighted by Crippen LogP contribution is 2.57. The van der Waals surface area contributed by atoms with E-state index in [9.17, 15) is 0 Å². The van der Waals surface area contributed by atoms with Crippen molar-refractivity contribution in [2.45, 2.75) is 109 Å². The second-order valence-electron chi connectivity index (χ2n) is 13.3. The standard InChI is InChI=1S/C22H54O7Si6/c1-23-35(24-2,25-3)17-16-33(12,27-31(7,8)9)29-34(13,22-19-20-14-15-21(22)18-20)28-32(10,11)26-30(4,5)6/h20-22H,14-19H2,1-13H3. The second kappa shape index (κ2) is 11.6. The lowest BCUT2D eigenvalue weighted by atomic mass is 10.0. The fourth-order valence-corrected chi connectivity index (χ4v) is 34.6. The minimum atomic E-state index is -2.75. The van der Waals surface area contributed by atoms with Gasteiger partial charge in [0.05, 0.1) is 0 Å². The Morgan fingerprint density at radius 3 is 1.54 bits per heavy atom. The van der Waals surface area contributed by atoms with Crippen LogP contribution in [0.25, 0.3) is 0 Å². The molecular weight excluding hydrogens is 545 g/mol. The predicted octanol–water partition coefficient (Wildman–Crippen LogP) is 6.64. The highest BCUT2D eigenvalue weighted by atomic mass is 28.5. The van der Waals surface area contributed by atoms with E-state index in [-0.39, 0.29) is 0 Å². The lowest BCUT2D eigenvalue weighted by Crippen LogP contribution is -2.63. The van der Waals surface area contributed by atoms with Crippen molar-refractivity contribution in [3.8, 4) is 0 Å². The summed E-state index contributed by atoms with van der Waals surface area (Å²) in [5.74, 6) is 1.54. The van der Waals surface area contributed by atoms with Crippen molar-refractivity contribution < 1.29 is 29.7 Å². The third-order valence-corrected chi connectivity index (χ3v) is 29.1. The van der Waals surface area contributed by atoms with Crippen molar-refractivity contribution in [3.63, 3.8) is 0 Å². The Morgan fingerprint density at radius 1 is 0.600 bits per heavy atom. The van der Waals surface area contributed by atoms with Gasteiger partial charge in [-0.25, -0.2) is 0 Å².